The third-order valence-electron chi connectivity index (χ3n) is 3.06. The number of nitrogens with zero attached hydrogens (tertiary/aromatic N) is 1. The van der Waals surface area contributed by atoms with Crippen LogP contribution in [0, 0.1) is 0 Å². The first-order valence-corrected chi connectivity index (χ1v) is 6.73. The molecule has 1 aromatic heterocycles. The molecule has 1 fully saturated rings. The van der Waals surface area contributed by atoms with Gasteiger partial charge in [0.05, 0.1) is 6.10 Å². The number of aliphatic hydroxyl groups excluding tert-OH is 1. The zero-order valence-electron chi connectivity index (χ0n) is 9.06. The van der Waals surface area contributed by atoms with Crippen LogP contribution in [0.15, 0.2) is 16.8 Å². The number of rotatable bonds is 3. The molecule has 0 bridgehead atoms. The maximum atomic E-state index is 10.0. The van der Waals surface area contributed by atoms with E-state index in [2.05, 4.69) is 4.90 Å². The predicted molar refractivity (Wildman–Crippen MR) is 64.2 cm³/mol. The summed E-state index contributed by atoms with van der Waals surface area (Å²) in [6.45, 7) is 3.11. The first kappa shape index (κ1) is 11.1. The van der Waals surface area contributed by atoms with Crippen LogP contribution in [0.5, 0.6) is 0 Å². The van der Waals surface area contributed by atoms with E-state index in [0.29, 0.717) is 0 Å². The van der Waals surface area contributed by atoms with Crippen LogP contribution in [0.3, 0.4) is 0 Å². The first-order chi connectivity index (χ1) is 7.36. The molecule has 1 atom stereocenters. The molecule has 1 N–H and O–H groups in total. The molecule has 15 heavy (non-hydrogen) atoms. The zero-order chi connectivity index (χ0) is 10.5. The summed E-state index contributed by atoms with van der Waals surface area (Å²) in [6.07, 6.45) is 4.98. The lowest BCUT2D eigenvalue weighted by Gasteiger charge is -2.22. The Kier molecular flexibility index (Phi) is 4.18. The molecular formula is C12H19NOS. The zero-order valence-corrected chi connectivity index (χ0v) is 9.88. The van der Waals surface area contributed by atoms with Crippen LogP contribution in [0.4, 0.5) is 0 Å². The van der Waals surface area contributed by atoms with Crippen molar-refractivity contribution in [1.82, 2.24) is 4.90 Å². The van der Waals surface area contributed by atoms with E-state index in [1.54, 1.807) is 11.3 Å². The van der Waals surface area contributed by atoms with E-state index in [0.717, 1.165) is 25.2 Å². The van der Waals surface area contributed by atoms with Crippen molar-refractivity contribution in [3.05, 3.63) is 22.4 Å². The molecule has 2 nitrogen and oxygen atoms in total. The third kappa shape index (κ3) is 3.30. The Morgan fingerprint density at radius 3 is 2.60 bits per heavy atom. The molecule has 0 saturated carbocycles. The summed E-state index contributed by atoms with van der Waals surface area (Å²) >= 11 is 1.66. The Labute approximate surface area is 95.5 Å². The second-order valence-corrected chi connectivity index (χ2v) is 5.07. The van der Waals surface area contributed by atoms with Crippen molar-refractivity contribution in [2.75, 3.05) is 19.6 Å². The molecule has 3 heteroatoms. The van der Waals surface area contributed by atoms with Gasteiger partial charge in [-0.05, 0) is 48.3 Å². The van der Waals surface area contributed by atoms with Crippen molar-refractivity contribution in [2.24, 2.45) is 0 Å². The molecule has 0 amide bonds. The fraction of sp³-hybridized carbons (Fsp3) is 0.667. The van der Waals surface area contributed by atoms with Crippen LogP contribution in [-0.2, 0) is 0 Å². The van der Waals surface area contributed by atoms with Crippen LogP contribution < -0.4 is 0 Å². The predicted octanol–water partition coefficient (Wildman–Crippen LogP) is 2.66. The smallest absolute Gasteiger partial charge is 0.0924 e. The second kappa shape index (κ2) is 5.64. The van der Waals surface area contributed by atoms with Gasteiger partial charge in [-0.3, -0.25) is 0 Å². The van der Waals surface area contributed by atoms with Gasteiger partial charge in [0.25, 0.3) is 0 Å². The molecule has 84 valence electrons. The highest BCUT2D eigenvalue weighted by Gasteiger charge is 2.15. The molecular weight excluding hydrogens is 206 g/mol. The molecule has 0 aliphatic carbocycles. The number of thiophene rings is 1. The van der Waals surface area contributed by atoms with E-state index < -0.39 is 0 Å². The largest absolute Gasteiger partial charge is 0.387 e. The van der Waals surface area contributed by atoms with Crippen molar-refractivity contribution in [3.63, 3.8) is 0 Å². The van der Waals surface area contributed by atoms with Gasteiger partial charge in [0, 0.05) is 6.54 Å². The summed E-state index contributed by atoms with van der Waals surface area (Å²) in [4.78, 5) is 2.40. The van der Waals surface area contributed by atoms with Crippen LogP contribution >= 0.6 is 11.3 Å². The van der Waals surface area contributed by atoms with Gasteiger partial charge < -0.3 is 10.0 Å². The molecule has 1 aliphatic heterocycles. The first-order valence-electron chi connectivity index (χ1n) is 5.79. The highest BCUT2D eigenvalue weighted by molar-refractivity contribution is 7.07. The molecule has 0 radical (unpaired) electrons. The van der Waals surface area contributed by atoms with Crippen molar-refractivity contribution in [1.29, 1.82) is 0 Å². The average Bonchev–Trinajstić information content (AvgIpc) is 2.65. The van der Waals surface area contributed by atoms with E-state index in [1.807, 2.05) is 16.8 Å². The summed E-state index contributed by atoms with van der Waals surface area (Å²) in [5.41, 5.74) is 1.07. The lowest BCUT2D eigenvalue weighted by atomic mass is 10.2. The lowest BCUT2D eigenvalue weighted by Crippen LogP contribution is -2.29. The molecule has 0 spiro atoms. The molecule has 1 aliphatic rings. The topological polar surface area (TPSA) is 23.5 Å². The van der Waals surface area contributed by atoms with Crippen molar-refractivity contribution in [2.45, 2.75) is 31.8 Å². The van der Waals surface area contributed by atoms with Gasteiger partial charge in [-0.2, -0.15) is 11.3 Å². The maximum Gasteiger partial charge on any atom is 0.0924 e. The minimum absolute atomic E-state index is 0.297. The van der Waals surface area contributed by atoms with Gasteiger partial charge >= 0.3 is 0 Å². The van der Waals surface area contributed by atoms with E-state index in [4.69, 9.17) is 0 Å². The van der Waals surface area contributed by atoms with Crippen LogP contribution in [0.2, 0.25) is 0 Å². The fourth-order valence-corrected chi connectivity index (χ4v) is 2.84. The lowest BCUT2D eigenvalue weighted by molar-refractivity contribution is 0.115. The minimum Gasteiger partial charge on any atom is -0.387 e. The Morgan fingerprint density at radius 2 is 2.00 bits per heavy atom. The van der Waals surface area contributed by atoms with Crippen LogP contribution in [-0.4, -0.2) is 29.6 Å². The number of hydrogen-bond acceptors (Lipinski definition) is 3. The molecule has 2 heterocycles. The quantitative estimate of drug-likeness (QED) is 0.855. The van der Waals surface area contributed by atoms with E-state index in [9.17, 15) is 5.11 Å². The standard InChI is InChI=1S/C12H19NOS/c14-12(11-5-8-15-10-11)9-13-6-3-1-2-4-7-13/h5,8,10,12,14H,1-4,6-7,9H2. The molecule has 2 rings (SSSR count). The van der Waals surface area contributed by atoms with Crippen molar-refractivity contribution in [3.8, 4) is 0 Å². The van der Waals surface area contributed by atoms with Gasteiger partial charge in [-0.25, -0.2) is 0 Å². The number of aliphatic hydroxyl groups is 1. The summed E-state index contributed by atoms with van der Waals surface area (Å²) in [6, 6.07) is 2.02. The molecule has 0 aromatic carbocycles. The second-order valence-electron chi connectivity index (χ2n) is 4.29. The normalized spacial score (nSPS) is 21.1. The fourth-order valence-electron chi connectivity index (χ4n) is 2.13. The maximum absolute atomic E-state index is 10.0. The monoisotopic (exact) mass is 225 g/mol. The Hall–Kier alpha value is -0.380. The molecule has 1 saturated heterocycles. The molecule has 1 aromatic rings. The van der Waals surface area contributed by atoms with Gasteiger partial charge in [-0.15, -0.1) is 0 Å². The Balaban J connectivity index is 1.84. The average molecular weight is 225 g/mol. The molecule has 1 unspecified atom stereocenters. The van der Waals surface area contributed by atoms with Gasteiger partial charge in [0.1, 0.15) is 0 Å². The highest BCUT2D eigenvalue weighted by atomic mass is 32.1. The SMILES string of the molecule is OC(CN1CCCCCC1)c1ccsc1. The van der Waals surface area contributed by atoms with Crippen LogP contribution in [0.25, 0.3) is 0 Å². The van der Waals surface area contributed by atoms with E-state index in [-0.39, 0.29) is 6.10 Å². The van der Waals surface area contributed by atoms with Crippen molar-refractivity contribution >= 4 is 11.3 Å². The Morgan fingerprint density at radius 1 is 1.27 bits per heavy atom. The van der Waals surface area contributed by atoms with Crippen molar-refractivity contribution < 1.29 is 5.11 Å². The minimum atomic E-state index is -0.297. The summed E-state index contributed by atoms with van der Waals surface area (Å²) in [5, 5.41) is 14.1. The van der Waals surface area contributed by atoms with Crippen LogP contribution in [0.1, 0.15) is 37.4 Å². The van der Waals surface area contributed by atoms with E-state index in [1.165, 1.54) is 25.7 Å². The number of β-amino-alcohol motifs (C(OH)–C–C–N with tert-alkyl or cyclic N) is 1. The summed E-state index contributed by atoms with van der Waals surface area (Å²) in [7, 11) is 0. The van der Waals surface area contributed by atoms with Gasteiger partial charge in [0.15, 0.2) is 0 Å². The number of hydrogen-bond donors (Lipinski definition) is 1. The summed E-state index contributed by atoms with van der Waals surface area (Å²) in [5.74, 6) is 0. The summed E-state index contributed by atoms with van der Waals surface area (Å²) < 4.78 is 0. The Bertz CT molecular complexity index is 265. The third-order valence-corrected chi connectivity index (χ3v) is 3.76. The van der Waals surface area contributed by atoms with E-state index >= 15 is 0 Å². The van der Waals surface area contributed by atoms with Gasteiger partial charge in [-0.1, -0.05) is 12.8 Å². The van der Waals surface area contributed by atoms with Gasteiger partial charge in [0.2, 0.25) is 0 Å². The number of likely N-dealkylation sites (tertiary alicyclic amines) is 1. The highest BCUT2D eigenvalue weighted by Crippen LogP contribution is 2.19.